The van der Waals surface area contributed by atoms with E-state index in [2.05, 4.69) is 16.7 Å². The maximum Gasteiger partial charge on any atom is 0.126 e. The summed E-state index contributed by atoms with van der Waals surface area (Å²) in [6.07, 6.45) is 1.08. The van der Waals surface area contributed by atoms with E-state index in [1.54, 1.807) is 0 Å². The van der Waals surface area contributed by atoms with E-state index in [9.17, 15) is 8.78 Å². The van der Waals surface area contributed by atoms with Crippen molar-refractivity contribution in [3.05, 3.63) is 35.4 Å². The van der Waals surface area contributed by atoms with E-state index in [4.69, 9.17) is 5.73 Å². The normalized spacial score (nSPS) is 19.4. The maximum absolute atomic E-state index is 13.2. The van der Waals surface area contributed by atoms with Crippen LogP contribution in [0.3, 0.4) is 0 Å². The van der Waals surface area contributed by atoms with Gasteiger partial charge in [-0.2, -0.15) is 0 Å². The van der Waals surface area contributed by atoms with Crippen molar-refractivity contribution in [2.45, 2.75) is 19.9 Å². The van der Waals surface area contributed by atoms with Crippen molar-refractivity contribution in [2.75, 3.05) is 39.3 Å². The van der Waals surface area contributed by atoms with Crippen LogP contribution < -0.4 is 5.73 Å². The van der Waals surface area contributed by atoms with Gasteiger partial charge in [0.15, 0.2) is 0 Å². The van der Waals surface area contributed by atoms with Crippen LogP contribution >= 0.6 is 0 Å². The van der Waals surface area contributed by atoms with Gasteiger partial charge in [0.25, 0.3) is 0 Å². The fraction of sp³-hybridized carbons (Fsp3) is 0.625. The highest BCUT2D eigenvalue weighted by Crippen LogP contribution is 2.13. The van der Waals surface area contributed by atoms with Crippen molar-refractivity contribution < 1.29 is 8.78 Å². The van der Waals surface area contributed by atoms with Gasteiger partial charge >= 0.3 is 0 Å². The molecule has 1 aromatic rings. The Morgan fingerprint density at radius 3 is 2.33 bits per heavy atom. The second kappa shape index (κ2) is 7.82. The van der Waals surface area contributed by atoms with Crippen molar-refractivity contribution in [3.8, 4) is 0 Å². The minimum Gasteiger partial charge on any atom is -0.330 e. The van der Waals surface area contributed by atoms with Gasteiger partial charge in [0.1, 0.15) is 11.6 Å². The Hall–Kier alpha value is -1.04. The molecular weight excluding hydrogens is 272 g/mol. The average molecular weight is 297 g/mol. The number of rotatable bonds is 5. The summed E-state index contributed by atoms with van der Waals surface area (Å²) >= 11 is 0. The monoisotopic (exact) mass is 297 g/mol. The molecule has 0 radical (unpaired) electrons. The van der Waals surface area contributed by atoms with Crippen molar-refractivity contribution in [1.82, 2.24) is 9.80 Å². The summed E-state index contributed by atoms with van der Waals surface area (Å²) < 4.78 is 26.5. The predicted octanol–water partition coefficient (Wildman–Crippen LogP) is 2.07. The number of hydrogen-bond donors (Lipinski definition) is 1. The van der Waals surface area contributed by atoms with Crippen LogP contribution in [0.2, 0.25) is 0 Å². The fourth-order valence-corrected chi connectivity index (χ4v) is 2.84. The summed E-state index contributed by atoms with van der Waals surface area (Å²) in [7, 11) is 0. The second-order valence-corrected chi connectivity index (χ2v) is 6.05. The Labute approximate surface area is 125 Å². The molecule has 0 spiro atoms. The number of nitrogens with two attached hydrogens (primary N) is 1. The summed E-state index contributed by atoms with van der Waals surface area (Å²) in [6.45, 7) is 8.45. The minimum absolute atomic E-state index is 0.502. The van der Waals surface area contributed by atoms with E-state index in [1.165, 1.54) is 12.1 Å². The van der Waals surface area contributed by atoms with Crippen molar-refractivity contribution >= 4 is 0 Å². The summed E-state index contributed by atoms with van der Waals surface area (Å²) in [6, 6.07) is 3.76. The molecule has 0 aromatic heterocycles. The molecule has 0 aliphatic carbocycles. The molecule has 1 fully saturated rings. The van der Waals surface area contributed by atoms with Gasteiger partial charge in [0, 0.05) is 32.2 Å². The van der Waals surface area contributed by atoms with E-state index in [0.717, 1.165) is 45.2 Å². The molecule has 0 bridgehead atoms. The van der Waals surface area contributed by atoms with Crippen LogP contribution in [0, 0.1) is 17.6 Å². The first-order valence-electron chi connectivity index (χ1n) is 7.66. The lowest BCUT2D eigenvalue weighted by atomic mass is 10.1. The first-order chi connectivity index (χ1) is 10.1. The van der Waals surface area contributed by atoms with Crippen LogP contribution in [0.4, 0.5) is 8.78 Å². The highest BCUT2D eigenvalue weighted by molar-refractivity contribution is 5.17. The van der Waals surface area contributed by atoms with Gasteiger partial charge in [-0.25, -0.2) is 8.78 Å². The maximum atomic E-state index is 13.2. The molecule has 5 heteroatoms. The third-order valence-electron chi connectivity index (χ3n) is 3.98. The molecule has 2 rings (SSSR count). The fourth-order valence-electron chi connectivity index (χ4n) is 2.84. The number of hydrogen-bond acceptors (Lipinski definition) is 3. The third-order valence-corrected chi connectivity index (χ3v) is 3.98. The van der Waals surface area contributed by atoms with Crippen molar-refractivity contribution in [3.63, 3.8) is 0 Å². The second-order valence-electron chi connectivity index (χ2n) is 6.05. The first-order valence-corrected chi connectivity index (χ1v) is 7.66. The zero-order valence-corrected chi connectivity index (χ0v) is 12.7. The van der Waals surface area contributed by atoms with Gasteiger partial charge < -0.3 is 10.6 Å². The summed E-state index contributed by atoms with van der Waals surface area (Å²) in [5.74, 6) is -0.495. The molecule has 1 aliphatic rings. The first kappa shape index (κ1) is 16.3. The number of nitrogens with zero attached hydrogens (tertiary/aromatic N) is 2. The van der Waals surface area contributed by atoms with Gasteiger partial charge in [-0.3, -0.25) is 4.90 Å². The quantitative estimate of drug-likeness (QED) is 0.903. The van der Waals surface area contributed by atoms with E-state index < -0.39 is 11.6 Å². The Balaban J connectivity index is 1.88. The number of halogens is 2. The van der Waals surface area contributed by atoms with Crippen LogP contribution in [0.5, 0.6) is 0 Å². The molecule has 1 atom stereocenters. The average Bonchev–Trinajstić information content (AvgIpc) is 2.63. The predicted molar refractivity (Wildman–Crippen MR) is 80.9 cm³/mol. The standard InChI is InChI=1S/C16H25F2N3/c1-13(10-19)11-20-3-2-4-21(6-5-20)12-14-7-15(17)9-16(18)8-14/h7-9,13H,2-6,10-12,19H2,1H3. The Kier molecular flexibility index (Phi) is 6.08. The minimum atomic E-state index is -0.502. The smallest absolute Gasteiger partial charge is 0.126 e. The molecule has 0 saturated carbocycles. The van der Waals surface area contributed by atoms with Crippen LogP contribution in [-0.4, -0.2) is 49.1 Å². The van der Waals surface area contributed by atoms with E-state index in [-0.39, 0.29) is 0 Å². The lowest BCUT2D eigenvalue weighted by molar-refractivity contribution is 0.231. The summed E-state index contributed by atoms with van der Waals surface area (Å²) in [5, 5.41) is 0. The van der Waals surface area contributed by atoms with Gasteiger partial charge in [-0.05, 0) is 49.7 Å². The van der Waals surface area contributed by atoms with Crippen molar-refractivity contribution in [1.29, 1.82) is 0 Å². The van der Waals surface area contributed by atoms with Crippen LogP contribution in [-0.2, 0) is 6.54 Å². The lowest BCUT2D eigenvalue weighted by Crippen LogP contribution is -2.35. The van der Waals surface area contributed by atoms with Crippen LogP contribution in [0.1, 0.15) is 18.9 Å². The van der Waals surface area contributed by atoms with Gasteiger partial charge in [0.2, 0.25) is 0 Å². The topological polar surface area (TPSA) is 32.5 Å². The lowest BCUT2D eigenvalue weighted by Gasteiger charge is -2.24. The molecule has 1 unspecified atom stereocenters. The zero-order valence-electron chi connectivity index (χ0n) is 12.7. The third kappa shape index (κ3) is 5.34. The molecule has 3 nitrogen and oxygen atoms in total. The molecule has 1 heterocycles. The molecule has 21 heavy (non-hydrogen) atoms. The van der Waals surface area contributed by atoms with Gasteiger partial charge in [-0.1, -0.05) is 6.92 Å². The van der Waals surface area contributed by atoms with Crippen LogP contribution in [0.25, 0.3) is 0 Å². The largest absolute Gasteiger partial charge is 0.330 e. The van der Waals surface area contributed by atoms with Crippen LogP contribution in [0.15, 0.2) is 18.2 Å². The van der Waals surface area contributed by atoms with E-state index >= 15 is 0 Å². The van der Waals surface area contributed by atoms with Gasteiger partial charge in [0.05, 0.1) is 0 Å². The molecular formula is C16H25F2N3. The van der Waals surface area contributed by atoms with Gasteiger partial charge in [-0.15, -0.1) is 0 Å². The SMILES string of the molecule is CC(CN)CN1CCCN(Cc2cc(F)cc(F)c2)CC1. The Morgan fingerprint density at radius 1 is 1.05 bits per heavy atom. The molecule has 2 N–H and O–H groups in total. The highest BCUT2D eigenvalue weighted by Gasteiger charge is 2.16. The molecule has 0 amide bonds. The highest BCUT2D eigenvalue weighted by atomic mass is 19.1. The van der Waals surface area contributed by atoms with E-state index in [1.807, 2.05) is 0 Å². The summed E-state index contributed by atoms with van der Waals surface area (Å²) in [4.78, 5) is 4.70. The van der Waals surface area contributed by atoms with E-state index in [0.29, 0.717) is 24.6 Å². The Bertz CT molecular complexity index is 433. The Morgan fingerprint density at radius 2 is 1.67 bits per heavy atom. The summed E-state index contributed by atoms with van der Waals surface area (Å²) in [5.41, 5.74) is 6.38. The molecule has 1 aromatic carbocycles. The van der Waals surface area contributed by atoms with Crippen molar-refractivity contribution in [2.24, 2.45) is 11.7 Å². The molecule has 1 saturated heterocycles. The molecule has 118 valence electrons. The zero-order chi connectivity index (χ0) is 15.2. The molecule has 1 aliphatic heterocycles. The number of benzene rings is 1.